The molecular weight excluding hydrogens is 803 g/mol. The van der Waals surface area contributed by atoms with Gasteiger partial charge in [-0.15, -0.1) is 0 Å². The molecule has 326 valence electrons. The van der Waals surface area contributed by atoms with Gasteiger partial charge in [-0.3, -0.25) is 23.7 Å². The van der Waals surface area contributed by atoms with Crippen LogP contribution in [-0.2, 0) is 38.4 Å². The van der Waals surface area contributed by atoms with Crippen LogP contribution in [0.3, 0.4) is 0 Å². The van der Waals surface area contributed by atoms with E-state index in [-0.39, 0.29) is 37.3 Å². The smallest absolute Gasteiger partial charge is 0.330 e. The van der Waals surface area contributed by atoms with E-state index in [0.29, 0.717) is 11.5 Å². The van der Waals surface area contributed by atoms with Crippen LogP contribution in [0.1, 0.15) is 76.4 Å². The molecule has 1 aromatic heterocycles. The van der Waals surface area contributed by atoms with Crippen molar-refractivity contribution in [2.75, 3.05) is 33.6 Å². The van der Waals surface area contributed by atoms with Crippen LogP contribution < -0.4 is 20.7 Å². The lowest BCUT2D eigenvalue weighted by Gasteiger charge is -2.42. The molecule has 2 saturated heterocycles. The summed E-state index contributed by atoms with van der Waals surface area (Å²) in [5, 5.41) is 9.38. The van der Waals surface area contributed by atoms with Crippen molar-refractivity contribution in [2.24, 2.45) is 0 Å². The number of nitriles is 1. The Hall–Kier alpha value is -5.07. The van der Waals surface area contributed by atoms with E-state index in [2.05, 4.69) is 4.98 Å². The van der Waals surface area contributed by atoms with E-state index in [4.69, 9.17) is 32.9 Å². The Morgan fingerprint density at radius 2 is 1.51 bits per heavy atom. The molecule has 0 saturated carbocycles. The number of benzene rings is 3. The number of carbonyl (C=O) groups is 1. The third kappa shape index (κ3) is 9.12. The number of fused-ring (bicyclic) bond motifs is 2. The summed E-state index contributed by atoms with van der Waals surface area (Å²) in [6.45, 7) is 11.8. The van der Waals surface area contributed by atoms with Crippen LogP contribution in [0.25, 0.3) is 0 Å². The molecule has 0 radical (unpaired) electrons. The number of aryl methyl sites for hydroxylation is 1. The van der Waals surface area contributed by atoms with Crippen LogP contribution in [0.5, 0.6) is 11.5 Å². The van der Waals surface area contributed by atoms with Crippen LogP contribution in [0.15, 0.2) is 94.6 Å². The molecule has 16 heteroatoms. The van der Waals surface area contributed by atoms with Crippen molar-refractivity contribution < 1.29 is 42.3 Å². The number of aromatic nitrogens is 2. The molecular formula is C45H55N4O11P. The predicted octanol–water partition coefficient (Wildman–Crippen LogP) is 6.47. The van der Waals surface area contributed by atoms with Gasteiger partial charge in [-0.1, -0.05) is 54.6 Å². The van der Waals surface area contributed by atoms with Crippen molar-refractivity contribution in [1.29, 1.82) is 5.26 Å². The van der Waals surface area contributed by atoms with Gasteiger partial charge in [0, 0.05) is 23.8 Å². The number of esters is 1. The number of nitrogens with zero attached hydrogens (tertiary/aromatic N) is 3. The first kappa shape index (κ1) is 45.5. The Kier molecular flexibility index (Phi) is 13.5. The van der Waals surface area contributed by atoms with Crippen molar-refractivity contribution in [2.45, 2.75) is 102 Å². The summed E-state index contributed by atoms with van der Waals surface area (Å²) in [5.74, 6) is 0.445. The van der Waals surface area contributed by atoms with Crippen LogP contribution in [0, 0.1) is 18.3 Å². The summed E-state index contributed by atoms with van der Waals surface area (Å²) in [6, 6.07) is 25.9. The van der Waals surface area contributed by atoms with E-state index < -0.39 is 66.1 Å². The fourth-order valence-corrected chi connectivity index (χ4v) is 11.1. The lowest BCUT2D eigenvalue weighted by atomic mass is 9.79. The highest BCUT2D eigenvalue weighted by Crippen LogP contribution is 2.60. The Morgan fingerprint density at radius 1 is 0.951 bits per heavy atom. The van der Waals surface area contributed by atoms with Crippen LogP contribution in [0.4, 0.5) is 0 Å². The SMILES string of the molecule is COc1ccc(C(OCC23COC(C(n4cc(C)c(=O)[nH]c4=O)O2)C3OP(=O)(CC(=O)OC(C)(C)CC#N)N(C(C)C)C(C)C)(c2ccccc2)c2ccc(OC)cc2)cc1. The normalized spacial score (nSPS) is 21.1. The number of hydrogen-bond donors (Lipinski definition) is 1. The molecule has 61 heavy (non-hydrogen) atoms. The topological polar surface area (TPSA) is 181 Å². The highest BCUT2D eigenvalue weighted by atomic mass is 31.2. The van der Waals surface area contributed by atoms with Gasteiger partial charge in [0.15, 0.2) is 6.23 Å². The van der Waals surface area contributed by atoms with Crippen LogP contribution in [0.2, 0.25) is 0 Å². The van der Waals surface area contributed by atoms with Gasteiger partial charge in [0.25, 0.3) is 13.1 Å². The lowest BCUT2D eigenvalue weighted by molar-refractivity contribution is -0.203. The highest BCUT2D eigenvalue weighted by Gasteiger charge is 2.66. The minimum Gasteiger partial charge on any atom is -0.497 e. The first-order valence-electron chi connectivity index (χ1n) is 20.2. The first-order chi connectivity index (χ1) is 28.9. The third-order valence-electron chi connectivity index (χ3n) is 11.0. The minimum atomic E-state index is -4.25. The van der Waals surface area contributed by atoms with Gasteiger partial charge in [-0.25, -0.2) is 9.46 Å². The molecule has 2 aliphatic heterocycles. The molecule has 3 aromatic carbocycles. The van der Waals surface area contributed by atoms with Crippen LogP contribution in [-0.4, -0.2) is 89.3 Å². The largest absolute Gasteiger partial charge is 0.497 e. The van der Waals surface area contributed by atoms with E-state index >= 15 is 4.57 Å². The van der Waals surface area contributed by atoms with Crippen molar-refractivity contribution in [3.05, 3.63) is 128 Å². The first-order valence-corrected chi connectivity index (χ1v) is 21.9. The predicted molar refractivity (Wildman–Crippen MR) is 227 cm³/mol. The Labute approximate surface area is 355 Å². The number of aromatic amines is 1. The number of H-pyrrole nitrogens is 1. The summed E-state index contributed by atoms with van der Waals surface area (Å²) >= 11 is 0. The summed E-state index contributed by atoms with van der Waals surface area (Å²) in [6.07, 6.45) is -2.82. The van der Waals surface area contributed by atoms with Gasteiger partial charge in [0.05, 0.1) is 39.9 Å². The third-order valence-corrected chi connectivity index (χ3v) is 13.9. The molecule has 2 fully saturated rings. The number of rotatable bonds is 18. The van der Waals surface area contributed by atoms with E-state index in [1.54, 1.807) is 39.7 Å². The summed E-state index contributed by atoms with van der Waals surface area (Å²) in [4.78, 5) is 42.1. The molecule has 5 atom stereocenters. The van der Waals surface area contributed by atoms with Crippen molar-refractivity contribution in [3.63, 3.8) is 0 Å². The Balaban J connectivity index is 1.52. The number of nitrogens with one attached hydrogen (secondary N) is 1. The molecule has 3 heterocycles. The average molecular weight is 859 g/mol. The fourth-order valence-electron chi connectivity index (χ4n) is 8.34. The van der Waals surface area contributed by atoms with Crippen molar-refractivity contribution in [1.82, 2.24) is 14.2 Å². The van der Waals surface area contributed by atoms with Gasteiger partial charge in [0.2, 0.25) is 0 Å². The number of hydrogen-bond acceptors (Lipinski definition) is 12. The molecule has 2 bridgehead atoms. The second-order valence-corrected chi connectivity index (χ2v) is 18.8. The van der Waals surface area contributed by atoms with E-state index in [1.807, 2.05) is 113 Å². The zero-order chi connectivity index (χ0) is 44.3. The lowest BCUT2D eigenvalue weighted by Crippen LogP contribution is -2.50. The maximum absolute atomic E-state index is 15.7. The molecule has 1 N–H and O–H groups in total. The molecule has 4 aromatic rings. The maximum Gasteiger partial charge on any atom is 0.330 e. The minimum absolute atomic E-state index is 0.0879. The van der Waals surface area contributed by atoms with Crippen molar-refractivity contribution >= 4 is 13.5 Å². The van der Waals surface area contributed by atoms with Gasteiger partial charge in [0.1, 0.15) is 46.7 Å². The number of methoxy groups -OCH3 is 2. The zero-order valence-corrected chi connectivity index (χ0v) is 37.0. The summed E-state index contributed by atoms with van der Waals surface area (Å²) in [7, 11) is -1.07. The van der Waals surface area contributed by atoms with Gasteiger partial charge in [-0.2, -0.15) is 5.26 Å². The van der Waals surface area contributed by atoms with Gasteiger partial charge >= 0.3 is 11.7 Å². The van der Waals surface area contributed by atoms with Gasteiger partial charge in [-0.05, 0) is 89.4 Å². The molecule has 2 aliphatic rings. The standard InChI is InChI=1S/C45H55N4O11P/c1-29(2)49(30(3)4)61(53,26-37(50)58-43(6,7)23-24-46)60-39-38-41(48-25-31(5)40(51)47-42(48)52)59-44(39,27-56-38)28-57-45(32-13-11-10-12-14-32,33-15-19-35(54-8)20-16-33)34-17-21-36(55-9)22-18-34/h10-22,25,29-30,38-39,41H,23,26-28H2,1-9H3,(H,47,51,52). The summed E-state index contributed by atoms with van der Waals surface area (Å²) < 4.78 is 62.9. The molecule has 15 nitrogen and oxygen atoms in total. The van der Waals surface area contributed by atoms with E-state index in [9.17, 15) is 19.6 Å². The Bertz CT molecular complexity index is 2320. The molecule has 0 amide bonds. The fraction of sp³-hybridized carbons (Fsp3) is 0.467. The van der Waals surface area contributed by atoms with Crippen LogP contribution >= 0.6 is 7.52 Å². The molecule has 0 aliphatic carbocycles. The van der Waals surface area contributed by atoms with E-state index in [1.165, 1.54) is 10.8 Å². The second kappa shape index (κ2) is 18.1. The van der Waals surface area contributed by atoms with E-state index in [0.717, 1.165) is 16.7 Å². The molecule has 5 unspecified atom stereocenters. The number of ether oxygens (including phenoxy) is 6. The second-order valence-electron chi connectivity index (χ2n) is 16.6. The quantitative estimate of drug-likeness (QED) is 0.0654. The summed E-state index contributed by atoms with van der Waals surface area (Å²) in [5.41, 5.74) is -2.89. The highest BCUT2D eigenvalue weighted by molar-refractivity contribution is 7.57. The maximum atomic E-state index is 15.7. The van der Waals surface area contributed by atoms with Gasteiger partial charge < -0.3 is 32.9 Å². The average Bonchev–Trinajstić information content (AvgIpc) is 3.69. The monoisotopic (exact) mass is 858 g/mol. The number of carbonyl (C=O) groups excluding carboxylic acids is 1. The molecule has 6 rings (SSSR count). The zero-order valence-electron chi connectivity index (χ0n) is 36.1. The molecule has 0 spiro atoms. The van der Waals surface area contributed by atoms with Crippen molar-refractivity contribution in [3.8, 4) is 17.6 Å². The Morgan fingerprint density at radius 3 is 2.03 bits per heavy atom.